The molecule has 1 heterocycles. The lowest BCUT2D eigenvalue weighted by Gasteiger charge is -2.37. The summed E-state index contributed by atoms with van der Waals surface area (Å²) in [5.41, 5.74) is 1.78. The second-order valence-corrected chi connectivity index (χ2v) is 5.80. The van der Waals surface area contributed by atoms with Crippen molar-refractivity contribution in [3.8, 4) is 0 Å². The molecule has 0 aromatic heterocycles. The number of hydrogen-bond donors (Lipinski definition) is 0. The monoisotopic (exact) mass is 311 g/mol. The van der Waals surface area contributed by atoms with Crippen molar-refractivity contribution in [2.24, 2.45) is 0 Å². The third-order valence-corrected chi connectivity index (χ3v) is 3.59. The number of anilines is 1. The molecule has 18 heavy (non-hydrogen) atoms. The minimum atomic E-state index is 0.101. The van der Waals surface area contributed by atoms with Crippen molar-refractivity contribution in [3.63, 3.8) is 0 Å². The highest BCUT2D eigenvalue weighted by Gasteiger charge is 2.24. The zero-order chi connectivity index (χ0) is 13.3. The van der Waals surface area contributed by atoms with E-state index in [1.54, 1.807) is 6.92 Å². The van der Waals surface area contributed by atoms with Gasteiger partial charge in [0.15, 0.2) is 5.78 Å². The van der Waals surface area contributed by atoms with Gasteiger partial charge in [0.05, 0.1) is 12.2 Å². The van der Waals surface area contributed by atoms with Crippen LogP contribution >= 0.6 is 15.9 Å². The van der Waals surface area contributed by atoms with Gasteiger partial charge in [0, 0.05) is 28.8 Å². The number of halogens is 1. The third-order valence-electron chi connectivity index (χ3n) is 3.10. The number of benzene rings is 1. The Kier molecular flexibility index (Phi) is 4.07. The van der Waals surface area contributed by atoms with E-state index >= 15 is 0 Å². The van der Waals surface area contributed by atoms with Crippen LogP contribution in [0.25, 0.3) is 0 Å². The van der Waals surface area contributed by atoms with Gasteiger partial charge in [-0.2, -0.15) is 0 Å². The first-order chi connectivity index (χ1) is 8.47. The molecular weight excluding hydrogens is 294 g/mol. The number of ether oxygens (including phenoxy) is 1. The van der Waals surface area contributed by atoms with Crippen LogP contribution in [0.2, 0.25) is 0 Å². The van der Waals surface area contributed by atoms with E-state index < -0.39 is 0 Å². The molecule has 1 saturated heterocycles. The number of hydrogen-bond acceptors (Lipinski definition) is 3. The van der Waals surface area contributed by atoms with Crippen molar-refractivity contribution in [2.75, 3.05) is 18.0 Å². The fraction of sp³-hybridized carbons (Fsp3) is 0.500. The predicted octanol–water partition coefficient (Wildman–Crippen LogP) is 3.27. The molecule has 0 aliphatic carbocycles. The molecule has 1 aromatic carbocycles. The Bertz CT molecular complexity index is 451. The van der Waals surface area contributed by atoms with Crippen LogP contribution in [0.3, 0.4) is 0 Å². The molecule has 1 aliphatic rings. The van der Waals surface area contributed by atoms with E-state index in [2.05, 4.69) is 34.7 Å². The minimum absolute atomic E-state index is 0.101. The summed E-state index contributed by atoms with van der Waals surface area (Å²) in [6, 6.07) is 5.81. The molecule has 1 fully saturated rings. The van der Waals surface area contributed by atoms with Gasteiger partial charge in [0.2, 0.25) is 0 Å². The largest absolute Gasteiger partial charge is 0.372 e. The number of morpholine rings is 1. The molecule has 2 atom stereocenters. The van der Waals surface area contributed by atoms with Gasteiger partial charge in [-0.05, 0) is 39.0 Å². The number of ketones is 1. The zero-order valence-electron chi connectivity index (χ0n) is 10.9. The normalized spacial score (nSPS) is 24.1. The van der Waals surface area contributed by atoms with Gasteiger partial charge in [0.1, 0.15) is 0 Å². The molecular formula is C14H18BrNO2. The lowest BCUT2D eigenvalue weighted by Crippen LogP contribution is -2.46. The molecule has 0 unspecified atom stereocenters. The van der Waals surface area contributed by atoms with Crippen LogP contribution in [0.1, 0.15) is 31.1 Å². The van der Waals surface area contributed by atoms with Gasteiger partial charge in [-0.15, -0.1) is 0 Å². The van der Waals surface area contributed by atoms with E-state index in [0.717, 1.165) is 28.8 Å². The Morgan fingerprint density at radius 1 is 1.33 bits per heavy atom. The van der Waals surface area contributed by atoms with Crippen LogP contribution in [0.5, 0.6) is 0 Å². The van der Waals surface area contributed by atoms with Crippen LogP contribution in [0.15, 0.2) is 22.7 Å². The smallest absolute Gasteiger partial charge is 0.161 e. The van der Waals surface area contributed by atoms with Gasteiger partial charge in [-0.3, -0.25) is 4.79 Å². The maximum atomic E-state index is 11.7. The Morgan fingerprint density at radius 2 is 1.94 bits per heavy atom. The van der Waals surface area contributed by atoms with E-state index in [1.165, 1.54) is 0 Å². The second kappa shape index (κ2) is 5.41. The van der Waals surface area contributed by atoms with E-state index in [1.807, 2.05) is 18.2 Å². The van der Waals surface area contributed by atoms with Crippen molar-refractivity contribution < 1.29 is 9.53 Å². The Labute approximate surface area is 116 Å². The number of carbonyl (C=O) groups excluding carboxylic acids is 1. The van der Waals surface area contributed by atoms with Crippen LogP contribution in [-0.2, 0) is 4.74 Å². The number of rotatable bonds is 2. The molecule has 1 aromatic rings. The zero-order valence-corrected chi connectivity index (χ0v) is 12.5. The number of carbonyl (C=O) groups is 1. The first kappa shape index (κ1) is 13.6. The topological polar surface area (TPSA) is 29.5 Å². The molecule has 1 aliphatic heterocycles. The lowest BCUT2D eigenvalue weighted by molar-refractivity contribution is -0.00527. The van der Waals surface area contributed by atoms with Crippen LogP contribution < -0.4 is 4.90 Å². The molecule has 0 amide bonds. The third kappa shape index (κ3) is 2.93. The highest BCUT2D eigenvalue weighted by molar-refractivity contribution is 9.10. The SMILES string of the molecule is CC(=O)c1ccc(Br)cc1N1C[C@@H](C)O[C@@H](C)C1. The van der Waals surface area contributed by atoms with E-state index in [-0.39, 0.29) is 18.0 Å². The lowest BCUT2D eigenvalue weighted by atomic mass is 10.1. The van der Waals surface area contributed by atoms with Gasteiger partial charge in [0.25, 0.3) is 0 Å². The highest BCUT2D eigenvalue weighted by Crippen LogP contribution is 2.28. The van der Waals surface area contributed by atoms with Crippen LogP contribution in [-0.4, -0.2) is 31.1 Å². The van der Waals surface area contributed by atoms with E-state index in [0.29, 0.717) is 0 Å². The Morgan fingerprint density at radius 3 is 2.50 bits per heavy atom. The second-order valence-electron chi connectivity index (χ2n) is 4.88. The molecule has 98 valence electrons. The highest BCUT2D eigenvalue weighted by atomic mass is 79.9. The summed E-state index contributed by atoms with van der Waals surface area (Å²) in [7, 11) is 0. The van der Waals surface area contributed by atoms with Crippen molar-refractivity contribution in [1.29, 1.82) is 0 Å². The molecule has 3 nitrogen and oxygen atoms in total. The fourth-order valence-corrected chi connectivity index (χ4v) is 2.79. The molecule has 0 spiro atoms. The average Bonchev–Trinajstić information content (AvgIpc) is 2.27. The predicted molar refractivity (Wildman–Crippen MR) is 76.4 cm³/mol. The number of nitrogens with zero attached hydrogens (tertiary/aromatic N) is 1. The van der Waals surface area contributed by atoms with E-state index in [9.17, 15) is 4.79 Å². The molecule has 0 radical (unpaired) electrons. The molecule has 0 bridgehead atoms. The summed E-state index contributed by atoms with van der Waals surface area (Å²) >= 11 is 3.47. The summed E-state index contributed by atoms with van der Waals surface area (Å²) < 4.78 is 6.72. The van der Waals surface area contributed by atoms with Gasteiger partial charge in [-0.1, -0.05) is 15.9 Å². The minimum Gasteiger partial charge on any atom is -0.372 e. The maximum Gasteiger partial charge on any atom is 0.161 e. The molecule has 4 heteroatoms. The number of Topliss-reactive ketones (excluding diaryl/α,β-unsaturated/α-hetero) is 1. The Balaban J connectivity index is 2.36. The molecule has 0 N–H and O–H groups in total. The van der Waals surface area contributed by atoms with Crippen molar-refractivity contribution >= 4 is 27.4 Å². The van der Waals surface area contributed by atoms with Crippen LogP contribution in [0.4, 0.5) is 5.69 Å². The van der Waals surface area contributed by atoms with Crippen molar-refractivity contribution in [2.45, 2.75) is 33.0 Å². The van der Waals surface area contributed by atoms with Crippen LogP contribution in [0, 0.1) is 0 Å². The quantitative estimate of drug-likeness (QED) is 0.785. The van der Waals surface area contributed by atoms with Gasteiger partial charge in [-0.25, -0.2) is 0 Å². The standard InChI is InChI=1S/C14H18BrNO2/c1-9-7-16(8-10(2)18-9)14-6-12(15)4-5-13(14)11(3)17/h4-6,9-10H,7-8H2,1-3H3/t9-,10+. The summed E-state index contributed by atoms with van der Waals surface area (Å²) in [6.45, 7) is 7.38. The summed E-state index contributed by atoms with van der Waals surface area (Å²) in [5, 5.41) is 0. The Hall–Kier alpha value is -0.870. The van der Waals surface area contributed by atoms with Gasteiger partial charge < -0.3 is 9.64 Å². The van der Waals surface area contributed by atoms with E-state index in [4.69, 9.17) is 4.74 Å². The fourth-order valence-electron chi connectivity index (χ4n) is 2.44. The maximum absolute atomic E-state index is 11.7. The average molecular weight is 312 g/mol. The van der Waals surface area contributed by atoms with Crippen molar-refractivity contribution in [3.05, 3.63) is 28.2 Å². The first-order valence-corrected chi connectivity index (χ1v) is 6.97. The summed E-state index contributed by atoms with van der Waals surface area (Å²) in [5.74, 6) is 0.101. The van der Waals surface area contributed by atoms with Gasteiger partial charge >= 0.3 is 0 Å². The molecule has 2 rings (SSSR count). The summed E-state index contributed by atoms with van der Waals surface area (Å²) in [6.07, 6.45) is 0.375. The summed E-state index contributed by atoms with van der Waals surface area (Å²) in [4.78, 5) is 13.9. The van der Waals surface area contributed by atoms with Crippen molar-refractivity contribution in [1.82, 2.24) is 0 Å². The first-order valence-electron chi connectivity index (χ1n) is 6.18. The molecule has 0 saturated carbocycles.